The highest BCUT2D eigenvalue weighted by atomic mass is 15.2. The Kier molecular flexibility index (Phi) is 19.9. The quantitative estimate of drug-likeness (QED) is 0.0699. The van der Waals surface area contributed by atoms with Crippen LogP contribution in [0.4, 0.5) is 0 Å². The van der Waals surface area contributed by atoms with E-state index in [0.29, 0.717) is 17.2 Å². The van der Waals surface area contributed by atoms with Crippen molar-refractivity contribution in [2.24, 2.45) is 0 Å². The lowest BCUT2D eigenvalue weighted by molar-refractivity contribution is 0.319. The molecule has 9 aromatic carbocycles. The molecule has 656 valence electrons. The molecule has 0 radical (unpaired) electrons. The van der Waals surface area contributed by atoms with Crippen LogP contribution in [0.2, 0.25) is 0 Å². The molecule has 136 heavy (non-hydrogen) atoms. The Hall–Kier alpha value is -17.4. The van der Waals surface area contributed by atoms with Crippen LogP contribution in [0.5, 0.6) is 0 Å². The van der Waals surface area contributed by atoms with Gasteiger partial charge in [-0.2, -0.15) is 20.4 Å². The number of nitrogens with zero attached hydrogens (tertiary/aromatic N) is 19. The van der Waals surface area contributed by atoms with Crippen LogP contribution in [0.3, 0.4) is 0 Å². The van der Waals surface area contributed by atoms with Crippen LogP contribution in [0.1, 0.15) is 44.5 Å². The first-order chi connectivity index (χ1) is 66.8. The summed E-state index contributed by atoms with van der Waals surface area (Å²) in [6.45, 7) is 6.56. The van der Waals surface area contributed by atoms with Crippen LogP contribution in [0.15, 0.2) is 299 Å². The fourth-order valence-electron chi connectivity index (χ4n) is 19.6. The molecule has 4 aliphatic heterocycles. The van der Waals surface area contributed by atoms with E-state index in [9.17, 15) is 0 Å². The lowest BCUT2D eigenvalue weighted by atomic mass is 10.0. The highest BCUT2D eigenvalue weighted by Crippen LogP contribution is 2.41. The molecule has 27 heteroatoms. The van der Waals surface area contributed by atoms with E-state index in [1.54, 1.807) is 0 Å². The van der Waals surface area contributed by atoms with Crippen LogP contribution in [-0.2, 0) is 52.4 Å². The highest BCUT2D eigenvalue weighted by Gasteiger charge is 2.25. The van der Waals surface area contributed by atoms with E-state index in [0.717, 1.165) is 275 Å². The summed E-state index contributed by atoms with van der Waals surface area (Å²) in [7, 11) is 8.56. The van der Waals surface area contributed by atoms with Gasteiger partial charge in [-0.1, -0.05) is 127 Å². The number of benzene rings is 9. The highest BCUT2D eigenvalue weighted by molar-refractivity contribution is 6.03. The first-order valence-electron chi connectivity index (χ1n) is 45.2. The minimum absolute atomic E-state index is 0.661. The Morgan fingerprint density at radius 2 is 0.596 bits per heavy atom. The third kappa shape index (κ3) is 15.4. The maximum atomic E-state index is 5.02. The third-order valence-electron chi connectivity index (χ3n) is 25.8. The van der Waals surface area contributed by atoms with Gasteiger partial charge in [0.05, 0.1) is 83.7 Å². The van der Waals surface area contributed by atoms with Crippen molar-refractivity contribution in [3.8, 4) is 135 Å². The lowest BCUT2D eigenvalue weighted by Gasteiger charge is -2.18. The normalized spacial score (nSPS) is 13.7. The Labute approximate surface area is 777 Å². The molecule has 0 aliphatic carbocycles. The molecule has 0 saturated carbocycles. The predicted molar refractivity (Wildman–Crippen MR) is 533 cm³/mol. The van der Waals surface area contributed by atoms with Crippen molar-refractivity contribution in [1.29, 1.82) is 0 Å². The van der Waals surface area contributed by atoms with Crippen molar-refractivity contribution in [1.82, 2.24) is 135 Å². The number of nitrogens with one attached hydrogen (secondary N) is 8. The molecule has 19 heterocycles. The Balaban J connectivity index is 0.0000000965. The number of hydrogen-bond donors (Lipinski definition) is 8. The molecule has 4 aliphatic rings. The number of rotatable bonds is 0. The SMILES string of the molecule is CN1Cc2cncc(c2)-c2cc3c(n[nH]c3cn2)-c2nc3c(cccc3[nH]2)-c2cccc(c2)C1.CN1Cc2cncc(c2)-c2ccc3[nH]nc(c3c2)-c2nc3c(cccc3[nH]2)-c2cccc(c2)C1.CN1Cc2cncc(c2)-c2ccc3[nH]nc(c3n2)-c2nc3c(cccc3[nH]2)-c2cccc(c2)C1.CN1Cc2cncc(c2)-c2cnc3n[nH]c(c3c2)-c2nc3c(cccc3[nH]2)-c2cccc(c2)C1. The van der Waals surface area contributed by atoms with Crippen molar-refractivity contribution in [3.63, 3.8) is 0 Å². The van der Waals surface area contributed by atoms with Crippen LogP contribution in [-0.4, -0.2) is 163 Å². The topological polar surface area (TPSA) is 333 Å². The van der Waals surface area contributed by atoms with Crippen LogP contribution in [0, 0.1) is 0 Å². The molecule has 8 N–H and O–H groups in total. The number of aromatic amines is 8. The van der Waals surface area contributed by atoms with Crippen LogP contribution in [0.25, 0.3) is 223 Å². The summed E-state index contributed by atoms with van der Waals surface area (Å²) in [5.74, 6) is 2.94. The zero-order valence-corrected chi connectivity index (χ0v) is 74.4. The van der Waals surface area contributed by atoms with Gasteiger partial charge in [0.2, 0.25) is 0 Å². The molecule has 32 bridgehead atoms. The maximum Gasteiger partial charge on any atom is 0.181 e. The molecule has 0 saturated heterocycles. The van der Waals surface area contributed by atoms with Crippen LogP contribution >= 0.6 is 0 Å². The van der Waals surface area contributed by atoms with Crippen molar-refractivity contribution in [3.05, 3.63) is 343 Å². The summed E-state index contributed by atoms with van der Waals surface area (Å²) >= 11 is 0. The van der Waals surface area contributed by atoms with Gasteiger partial charge in [-0.3, -0.25) is 64.9 Å². The van der Waals surface area contributed by atoms with Gasteiger partial charge in [-0.05, 0) is 210 Å². The van der Waals surface area contributed by atoms with Gasteiger partial charge >= 0.3 is 0 Å². The number of hydrogen-bond acceptors (Lipinski definition) is 19. The molecule has 24 aromatic rings. The molecule has 15 aromatic heterocycles. The number of fused-ring (bicyclic) bond motifs is 36. The van der Waals surface area contributed by atoms with Gasteiger partial charge in [0.1, 0.15) is 22.6 Å². The fraction of sp³-hybridized carbons (Fsp3) is 0.110. The fourth-order valence-corrected chi connectivity index (χ4v) is 19.6. The molecule has 0 atom stereocenters. The lowest BCUT2D eigenvalue weighted by Crippen LogP contribution is -2.17. The number of para-hydroxylation sites is 4. The van der Waals surface area contributed by atoms with Gasteiger partial charge < -0.3 is 19.9 Å². The predicted octanol–water partition coefficient (Wildman–Crippen LogP) is 21.3. The van der Waals surface area contributed by atoms with Crippen molar-refractivity contribution in [2.45, 2.75) is 52.4 Å². The molecule has 0 unspecified atom stereocenters. The number of aromatic nitrogens is 23. The summed E-state index contributed by atoms with van der Waals surface area (Å²) in [5.41, 5.74) is 41.6. The minimum atomic E-state index is 0.661. The maximum absolute atomic E-state index is 5.02. The molecular weight excluding hydrogens is 1690 g/mol. The smallest absolute Gasteiger partial charge is 0.181 e. The minimum Gasteiger partial charge on any atom is -0.337 e. The zero-order chi connectivity index (χ0) is 90.6. The van der Waals surface area contributed by atoms with Crippen molar-refractivity contribution >= 4 is 88.0 Å². The number of H-pyrrole nitrogens is 8. The number of pyridine rings is 7. The van der Waals surface area contributed by atoms with Gasteiger partial charge in [0.25, 0.3) is 0 Å². The molecule has 0 fully saturated rings. The average molecular weight is 1770 g/mol. The van der Waals surface area contributed by atoms with E-state index in [-0.39, 0.29) is 0 Å². The summed E-state index contributed by atoms with van der Waals surface area (Å²) < 4.78 is 0. The first kappa shape index (κ1) is 80.7. The first-order valence-corrected chi connectivity index (χ1v) is 45.2. The molecule has 0 spiro atoms. The second-order valence-electron chi connectivity index (χ2n) is 35.8. The average Bonchev–Trinajstić information content (AvgIpc) is 1.62. The molecule has 0 amide bonds. The van der Waals surface area contributed by atoms with Crippen molar-refractivity contribution in [2.75, 3.05) is 28.2 Å². The van der Waals surface area contributed by atoms with E-state index >= 15 is 0 Å². The van der Waals surface area contributed by atoms with Gasteiger partial charge in [-0.25, -0.2) is 29.9 Å². The van der Waals surface area contributed by atoms with Crippen molar-refractivity contribution < 1.29 is 0 Å². The Bertz CT molecular complexity index is 7790. The van der Waals surface area contributed by atoms with E-state index in [2.05, 4.69) is 363 Å². The summed E-state index contributed by atoms with van der Waals surface area (Å²) in [6.07, 6.45) is 19.0. The standard InChI is InChI=1S/C28H22N6.3C27H21N7/c1-34-15-17-4-2-5-20(10-17)22-6-3-7-25-26(22)31-28(30-25)27-23-12-19(8-9-24(23)32-33-27)21-11-18(16-34)13-29-14-21;1-34-14-16-4-2-5-18(8-16)21-6-3-7-23-24(21)31-27(30-23)25-22-10-20(13-29-26(22)33-32-25)19-9-17(15-34)11-28-12-19;1-34-14-16-4-2-5-18(8-16)20-6-3-7-22-25(20)31-27(30-22)26-21-10-23(29-13-24(21)32-33-26)19-9-17(15-34)11-28-12-19;1-34-14-16-4-2-5-18(10-16)20-6-3-7-22-24(20)31-27(30-22)26-25-23(32-33-26)9-8-21(29-25)19-11-17(15-34)12-28-13-19/h2-14H,15-16H2,1H3,(H,30,31)(H,32,33);2-13H,14-15H2,1H3,(H,30,31)(H,29,32,33);2*2-13H,14-15H2,1H3,(H,30,31)(H,32,33). The van der Waals surface area contributed by atoms with Gasteiger partial charge in [0, 0.05) is 169 Å². The molecule has 28 rings (SSSR count). The summed E-state index contributed by atoms with van der Waals surface area (Å²) in [5, 5.41) is 33.7. The van der Waals surface area contributed by atoms with E-state index < -0.39 is 0 Å². The van der Waals surface area contributed by atoms with Gasteiger partial charge in [0.15, 0.2) is 34.6 Å². The van der Waals surface area contributed by atoms with E-state index in [1.165, 1.54) is 27.8 Å². The molecular formula is C109H85N27. The molecule has 27 nitrogen and oxygen atoms in total. The Morgan fingerprint density at radius 3 is 1.09 bits per heavy atom. The zero-order valence-electron chi connectivity index (χ0n) is 74.4. The van der Waals surface area contributed by atoms with E-state index in [4.69, 9.17) is 24.9 Å². The summed E-state index contributed by atoms with van der Waals surface area (Å²) in [6, 6.07) is 83.2. The van der Waals surface area contributed by atoms with E-state index in [1.807, 2.05) is 74.1 Å². The third-order valence-corrected chi connectivity index (χ3v) is 25.8. The summed E-state index contributed by atoms with van der Waals surface area (Å²) in [4.78, 5) is 75.5. The largest absolute Gasteiger partial charge is 0.337 e. The van der Waals surface area contributed by atoms with Crippen LogP contribution < -0.4 is 0 Å². The second kappa shape index (κ2) is 33.5. The monoisotopic (exact) mass is 1770 g/mol. The second-order valence-corrected chi connectivity index (χ2v) is 35.8. The number of imidazole rings is 4. The Morgan fingerprint density at radius 1 is 0.228 bits per heavy atom. The van der Waals surface area contributed by atoms with Gasteiger partial charge in [-0.15, -0.1) is 0 Å².